The maximum atomic E-state index is 12.6. The van der Waals surface area contributed by atoms with E-state index in [0.29, 0.717) is 26.9 Å². The molecule has 0 amide bonds. The quantitative estimate of drug-likeness (QED) is 0.582. The van der Waals surface area contributed by atoms with Gasteiger partial charge in [-0.25, -0.2) is 4.79 Å². The molecule has 0 fully saturated rings. The number of hydrogen-bond acceptors (Lipinski definition) is 5. The van der Waals surface area contributed by atoms with Gasteiger partial charge in [0, 0.05) is 12.4 Å². The Balaban J connectivity index is 2.02. The van der Waals surface area contributed by atoms with Crippen LogP contribution in [0.25, 0.3) is 10.9 Å². The minimum absolute atomic E-state index is 0.0567. The second kappa shape index (κ2) is 7.92. The van der Waals surface area contributed by atoms with E-state index in [-0.39, 0.29) is 19.0 Å². The maximum Gasteiger partial charge on any atom is 0.340 e. The van der Waals surface area contributed by atoms with Crippen LogP contribution in [0.1, 0.15) is 23.0 Å². The summed E-state index contributed by atoms with van der Waals surface area (Å²) in [5, 5.41) is 10.7. The Hall–Kier alpha value is -2.67. The van der Waals surface area contributed by atoms with Crippen molar-refractivity contribution in [1.29, 1.82) is 0 Å². The van der Waals surface area contributed by atoms with Crippen molar-refractivity contribution in [2.24, 2.45) is 7.05 Å². The normalized spacial score (nSPS) is 10.8. The first-order valence-electron chi connectivity index (χ1n) is 8.40. The van der Waals surface area contributed by atoms with E-state index in [1.54, 1.807) is 50.4 Å². The summed E-state index contributed by atoms with van der Waals surface area (Å²) in [6, 6.07) is 10.5. The number of aryl methyl sites for hydroxylation is 1. The summed E-state index contributed by atoms with van der Waals surface area (Å²) in [7, 11) is 3.45. The van der Waals surface area contributed by atoms with E-state index in [1.165, 1.54) is 0 Å². The first-order chi connectivity index (χ1) is 13.0. The zero-order chi connectivity index (χ0) is 19.6. The number of halogens is 1. The molecule has 7 heteroatoms. The number of rotatable bonds is 6. The number of carbonyl (C=O) groups is 1. The molecule has 0 unspecified atom stereocenters. The van der Waals surface area contributed by atoms with Gasteiger partial charge >= 0.3 is 5.97 Å². The largest absolute Gasteiger partial charge is 0.507 e. The Bertz CT molecular complexity index is 978. The zero-order valence-corrected chi connectivity index (χ0v) is 16.9. The predicted molar refractivity (Wildman–Crippen MR) is 106 cm³/mol. The number of aromatic hydroxyl groups is 1. The van der Waals surface area contributed by atoms with Gasteiger partial charge in [0.15, 0.2) is 0 Å². The lowest BCUT2D eigenvalue weighted by Gasteiger charge is -2.10. The number of aromatic nitrogens is 1. The van der Waals surface area contributed by atoms with Crippen LogP contribution in [0.2, 0.25) is 0 Å². The molecule has 0 spiro atoms. The SMILES string of the molecule is CCOC(=O)c1c(COc2ccc(OC)cc2)n(C)c2cc(Br)c(O)cc12. The molecular formula is C20H20BrNO5. The number of carbonyl (C=O) groups excluding carboxylic acids is 1. The lowest BCUT2D eigenvalue weighted by Crippen LogP contribution is -2.11. The van der Waals surface area contributed by atoms with Crippen molar-refractivity contribution in [3.8, 4) is 17.2 Å². The topological polar surface area (TPSA) is 69.9 Å². The fourth-order valence-corrected chi connectivity index (χ4v) is 3.25. The number of esters is 1. The highest BCUT2D eigenvalue weighted by Gasteiger charge is 2.24. The van der Waals surface area contributed by atoms with E-state index in [9.17, 15) is 9.90 Å². The average molecular weight is 434 g/mol. The van der Waals surface area contributed by atoms with Gasteiger partial charge in [0.1, 0.15) is 23.9 Å². The molecule has 0 aliphatic carbocycles. The van der Waals surface area contributed by atoms with Crippen molar-refractivity contribution >= 4 is 32.8 Å². The lowest BCUT2D eigenvalue weighted by atomic mass is 10.1. The average Bonchev–Trinajstić information content (AvgIpc) is 2.92. The van der Waals surface area contributed by atoms with E-state index in [2.05, 4.69) is 15.9 Å². The van der Waals surface area contributed by atoms with Gasteiger partial charge in [-0.2, -0.15) is 0 Å². The highest BCUT2D eigenvalue weighted by molar-refractivity contribution is 9.10. The number of hydrogen-bond donors (Lipinski definition) is 1. The van der Waals surface area contributed by atoms with Gasteiger partial charge in [-0.15, -0.1) is 0 Å². The summed E-state index contributed by atoms with van der Waals surface area (Å²) in [6.45, 7) is 2.19. The second-order valence-electron chi connectivity index (χ2n) is 5.89. The molecule has 0 bridgehead atoms. The summed E-state index contributed by atoms with van der Waals surface area (Å²) in [4.78, 5) is 12.6. The van der Waals surface area contributed by atoms with Crippen molar-refractivity contribution in [3.63, 3.8) is 0 Å². The smallest absolute Gasteiger partial charge is 0.340 e. The first-order valence-corrected chi connectivity index (χ1v) is 9.19. The third-order valence-corrected chi connectivity index (χ3v) is 4.94. The molecular weight excluding hydrogens is 414 g/mol. The van der Waals surface area contributed by atoms with Crippen molar-refractivity contribution in [2.75, 3.05) is 13.7 Å². The number of nitrogens with zero attached hydrogens (tertiary/aromatic N) is 1. The monoisotopic (exact) mass is 433 g/mol. The molecule has 6 nitrogen and oxygen atoms in total. The maximum absolute atomic E-state index is 12.6. The second-order valence-corrected chi connectivity index (χ2v) is 6.74. The molecule has 1 heterocycles. The Morgan fingerprint density at radius 1 is 1.19 bits per heavy atom. The Labute approximate surface area is 165 Å². The molecule has 27 heavy (non-hydrogen) atoms. The Kier molecular flexibility index (Phi) is 5.60. The van der Waals surface area contributed by atoms with Crippen LogP contribution in [0, 0.1) is 0 Å². The van der Waals surface area contributed by atoms with Crippen LogP contribution >= 0.6 is 15.9 Å². The molecule has 1 N–H and O–H groups in total. The summed E-state index contributed by atoms with van der Waals surface area (Å²) in [5.74, 6) is 0.999. The first kappa shape index (κ1) is 19.1. The molecule has 0 atom stereocenters. The van der Waals surface area contributed by atoms with Gasteiger partial charge in [0.05, 0.1) is 35.0 Å². The number of phenolic OH excluding ortho intramolecular Hbond substituents is 1. The van der Waals surface area contributed by atoms with Crippen molar-refractivity contribution in [2.45, 2.75) is 13.5 Å². The standard InChI is InChI=1S/C20H20BrNO5/c1-4-26-20(24)19-14-9-18(23)15(21)10-16(14)22(2)17(19)11-27-13-7-5-12(25-3)6-8-13/h5-10,23H,4,11H2,1-3H3. The summed E-state index contributed by atoms with van der Waals surface area (Å²) in [6.07, 6.45) is 0. The van der Waals surface area contributed by atoms with Gasteiger partial charge in [-0.05, 0) is 59.3 Å². The van der Waals surface area contributed by atoms with E-state index >= 15 is 0 Å². The van der Waals surface area contributed by atoms with Crippen LogP contribution in [0.5, 0.6) is 17.2 Å². The summed E-state index contributed by atoms with van der Waals surface area (Å²) < 4.78 is 18.7. The van der Waals surface area contributed by atoms with E-state index < -0.39 is 5.97 Å². The van der Waals surface area contributed by atoms with E-state index in [4.69, 9.17) is 14.2 Å². The van der Waals surface area contributed by atoms with Gasteiger partial charge in [0.25, 0.3) is 0 Å². The zero-order valence-electron chi connectivity index (χ0n) is 15.3. The molecule has 0 saturated carbocycles. The van der Waals surface area contributed by atoms with Crippen LogP contribution in [-0.4, -0.2) is 29.4 Å². The number of ether oxygens (including phenoxy) is 3. The molecule has 0 radical (unpaired) electrons. The molecule has 3 aromatic rings. The lowest BCUT2D eigenvalue weighted by molar-refractivity contribution is 0.0525. The minimum Gasteiger partial charge on any atom is -0.507 e. The minimum atomic E-state index is -0.446. The molecule has 2 aromatic carbocycles. The van der Waals surface area contributed by atoms with E-state index in [0.717, 1.165) is 11.3 Å². The van der Waals surface area contributed by atoms with Crippen LogP contribution < -0.4 is 9.47 Å². The van der Waals surface area contributed by atoms with Gasteiger partial charge < -0.3 is 23.9 Å². The van der Waals surface area contributed by atoms with Crippen LogP contribution in [0.15, 0.2) is 40.9 Å². The third kappa shape index (κ3) is 3.73. The number of phenols is 1. The molecule has 0 saturated heterocycles. The Morgan fingerprint density at radius 3 is 2.48 bits per heavy atom. The predicted octanol–water partition coefficient (Wildman–Crippen LogP) is 4.41. The van der Waals surface area contributed by atoms with Crippen molar-refractivity contribution in [1.82, 2.24) is 4.57 Å². The molecule has 0 aliphatic heterocycles. The Morgan fingerprint density at radius 2 is 1.85 bits per heavy atom. The fourth-order valence-electron chi connectivity index (χ4n) is 2.92. The summed E-state index contributed by atoms with van der Waals surface area (Å²) >= 11 is 3.32. The van der Waals surface area contributed by atoms with E-state index in [1.807, 2.05) is 11.6 Å². The van der Waals surface area contributed by atoms with Crippen LogP contribution in [0.4, 0.5) is 0 Å². The van der Waals surface area contributed by atoms with Crippen molar-refractivity contribution in [3.05, 3.63) is 52.1 Å². The third-order valence-electron chi connectivity index (χ3n) is 4.30. The van der Waals surface area contributed by atoms with Gasteiger partial charge in [0.2, 0.25) is 0 Å². The highest BCUT2D eigenvalue weighted by atomic mass is 79.9. The van der Waals surface area contributed by atoms with Crippen LogP contribution in [0.3, 0.4) is 0 Å². The molecule has 3 rings (SSSR count). The molecule has 1 aromatic heterocycles. The molecule has 0 aliphatic rings. The number of fused-ring (bicyclic) bond motifs is 1. The number of benzene rings is 2. The molecule has 142 valence electrons. The van der Waals surface area contributed by atoms with Gasteiger partial charge in [-0.1, -0.05) is 0 Å². The highest BCUT2D eigenvalue weighted by Crippen LogP contribution is 2.35. The van der Waals surface area contributed by atoms with Gasteiger partial charge in [-0.3, -0.25) is 0 Å². The number of methoxy groups -OCH3 is 1. The summed E-state index contributed by atoms with van der Waals surface area (Å²) in [5.41, 5.74) is 1.85. The van der Waals surface area contributed by atoms with Crippen LogP contribution in [-0.2, 0) is 18.4 Å². The van der Waals surface area contributed by atoms with Crippen molar-refractivity contribution < 1.29 is 24.1 Å². The fraction of sp³-hybridized carbons (Fsp3) is 0.250.